The second-order valence-corrected chi connectivity index (χ2v) is 6.76. The molecule has 3 heterocycles. The topological polar surface area (TPSA) is 34.6 Å². The Morgan fingerprint density at radius 3 is 2.73 bits per heavy atom. The maximum Gasteiger partial charge on any atom is 0.162 e. The summed E-state index contributed by atoms with van der Waals surface area (Å²) >= 11 is 1.75. The van der Waals surface area contributed by atoms with Crippen molar-refractivity contribution >= 4 is 11.3 Å². The third-order valence-corrected chi connectivity index (χ3v) is 5.03. The number of aromatic nitrogens is 1. The van der Waals surface area contributed by atoms with Crippen LogP contribution in [-0.4, -0.2) is 36.2 Å². The van der Waals surface area contributed by atoms with Gasteiger partial charge in [-0.3, -0.25) is 4.90 Å². The van der Waals surface area contributed by atoms with Crippen molar-refractivity contribution in [1.29, 1.82) is 0 Å². The number of thiazole rings is 1. The lowest BCUT2D eigenvalue weighted by Crippen LogP contribution is -2.28. The molecule has 5 heteroatoms. The van der Waals surface area contributed by atoms with Gasteiger partial charge in [-0.25, -0.2) is 4.98 Å². The maximum atomic E-state index is 5.66. The maximum absolute atomic E-state index is 5.66. The van der Waals surface area contributed by atoms with E-state index in [0.717, 1.165) is 29.3 Å². The smallest absolute Gasteiger partial charge is 0.162 e. The third-order valence-electron chi connectivity index (χ3n) is 4.20. The first-order chi connectivity index (χ1) is 10.9. The summed E-state index contributed by atoms with van der Waals surface area (Å²) in [7, 11) is 0. The molecule has 0 N–H and O–H groups in total. The van der Waals surface area contributed by atoms with Crippen LogP contribution in [-0.2, 0) is 6.54 Å². The summed E-state index contributed by atoms with van der Waals surface area (Å²) in [5, 5.41) is 3.34. The lowest BCUT2D eigenvalue weighted by atomic mass is 10.1. The summed E-state index contributed by atoms with van der Waals surface area (Å²) < 4.78 is 11.2. The van der Waals surface area contributed by atoms with Crippen molar-refractivity contribution < 1.29 is 9.47 Å². The molecule has 1 aromatic carbocycles. The van der Waals surface area contributed by atoms with Gasteiger partial charge in [0.1, 0.15) is 18.2 Å². The van der Waals surface area contributed by atoms with E-state index >= 15 is 0 Å². The third kappa shape index (κ3) is 2.96. The fourth-order valence-corrected chi connectivity index (χ4v) is 3.87. The zero-order chi connectivity index (χ0) is 14.8. The molecule has 0 bridgehead atoms. The van der Waals surface area contributed by atoms with Gasteiger partial charge in [-0.05, 0) is 44.1 Å². The van der Waals surface area contributed by atoms with Gasteiger partial charge in [0.2, 0.25) is 0 Å². The number of piperidine rings is 1. The Kier molecular flexibility index (Phi) is 3.99. The Hall–Kier alpha value is -1.59. The second-order valence-electron chi connectivity index (χ2n) is 5.82. The van der Waals surface area contributed by atoms with E-state index in [1.54, 1.807) is 11.3 Å². The van der Waals surface area contributed by atoms with E-state index < -0.39 is 0 Å². The van der Waals surface area contributed by atoms with Gasteiger partial charge in [-0.2, -0.15) is 0 Å². The summed E-state index contributed by atoms with van der Waals surface area (Å²) in [6, 6.07) is 6.08. The fraction of sp³-hybridized carbons (Fsp3) is 0.471. The quantitative estimate of drug-likeness (QED) is 0.867. The number of fused-ring (bicyclic) bond motifs is 1. The Morgan fingerprint density at radius 2 is 1.86 bits per heavy atom. The van der Waals surface area contributed by atoms with E-state index in [-0.39, 0.29) is 0 Å². The molecule has 1 aromatic heterocycles. The number of benzene rings is 1. The highest BCUT2D eigenvalue weighted by Crippen LogP contribution is 2.34. The molecule has 4 nitrogen and oxygen atoms in total. The van der Waals surface area contributed by atoms with Crippen molar-refractivity contribution in [2.75, 3.05) is 26.3 Å². The molecule has 4 rings (SSSR count). The molecule has 0 unspecified atom stereocenters. The molecule has 0 spiro atoms. The normalized spacial score (nSPS) is 18.4. The van der Waals surface area contributed by atoms with Gasteiger partial charge in [-0.15, -0.1) is 11.3 Å². The molecule has 0 atom stereocenters. The van der Waals surface area contributed by atoms with Crippen molar-refractivity contribution in [3.05, 3.63) is 28.6 Å². The number of nitrogens with zero attached hydrogens (tertiary/aromatic N) is 2. The van der Waals surface area contributed by atoms with E-state index in [1.807, 2.05) is 12.1 Å². The molecule has 0 saturated carbocycles. The fourth-order valence-electron chi connectivity index (χ4n) is 3.03. The van der Waals surface area contributed by atoms with Crippen LogP contribution in [0.5, 0.6) is 11.5 Å². The molecule has 1 fully saturated rings. The highest BCUT2D eigenvalue weighted by molar-refractivity contribution is 7.09. The lowest BCUT2D eigenvalue weighted by Gasteiger charge is -2.25. The van der Waals surface area contributed by atoms with Gasteiger partial charge in [0.25, 0.3) is 0 Å². The minimum absolute atomic E-state index is 0.619. The highest BCUT2D eigenvalue weighted by atomic mass is 32.1. The Bertz CT molecular complexity index is 650. The number of rotatable bonds is 3. The van der Waals surface area contributed by atoms with Crippen molar-refractivity contribution in [3.8, 4) is 22.8 Å². The summed E-state index contributed by atoms with van der Waals surface area (Å²) in [5.74, 6) is 1.66. The molecule has 116 valence electrons. The van der Waals surface area contributed by atoms with Crippen LogP contribution in [0.25, 0.3) is 11.3 Å². The Labute approximate surface area is 134 Å². The zero-order valence-corrected chi connectivity index (χ0v) is 13.4. The van der Waals surface area contributed by atoms with Crippen LogP contribution in [0, 0.1) is 0 Å². The summed E-state index contributed by atoms with van der Waals surface area (Å²) in [6.07, 6.45) is 4.01. The van der Waals surface area contributed by atoms with E-state index in [9.17, 15) is 0 Å². The average Bonchev–Trinajstić information content (AvgIpc) is 3.04. The molecule has 0 aliphatic carbocycles. The molecule has 1 saturated heterocycles. The van der Waals surface area contributed by atoms with Gasteiger partial charge < -0.3 is 9.47 Å². The molecule has 2 aromatic rings. The Balaban J connectivity index is 1.51. The van der Waals surface area contributed by atoms with Crippen molar-refractivity contribution in [3.63, 3.8) is 0 Å². The number of ether oxygens (including phenoxy) is 2. The van der Waals surface area contributed by atoms with E-state index in [4.69, 9.17) is 14.5 Å². The van der Waals surface area contributed by atoms with E-state index in [0.29, 0.717) is 13.2 Å². The van der Waals surface area contributed by atoms with Crippen LogP contribution >= 0.6 is 11.3 Å². The van der Waals surface area contributed by atoms with Gasteiger partial charge in [0.05, 0.1) is 12.2 Å². The molecular formula is C17H20N2O2S. The van der Waals surface area contributed by atoms with Gasteiger partial charge in [0.15, 0.2) is 11.5 Å². The van der Waals surface area contributed by atoms with Gasteiger partial charge in [-0.1, -0.05) is 6.42 Å². The van der Waals surface area contributed by atoms with Crippen LogP contribution in [0.1, 0.15) is 24.3 Å². The first-order valence-electron chi connectivity index (χ1n) is 7.95. The summed E-state index contributed by atoms with van der Waals surface area (Å²) in [5.41, 5.74) is 2.14. The van der Waals surface area contributed by atoms with Crippen molar-refractivity contribution in [2.45, 2.75) is 25.8 Å². The summed E-state index contributed by atoms with van der Waals surface area (Å²) in [6.45, 7) is 4.64. The van der Waals surface area contributed by atoms with E-state index in [1.165, 1.54) is 37.4 Å². The van der Waals surface area contributed by atoms with Gasteiger partial charge >= 0.3 is 0 Å². The molecule has 2 aliphatic rings. The largest absolute Gasteiger partial charge is 0.486 e. The molecule has 0 amide bonds. The highest BCUT2D eigenvalue weighted by Gasteiger charge is 2.15. The monoisotopic (exact) mass is 316 g/mol. The standard InChI is InChI=1S/C17H20N2O2S/c1-2-6-19(7-3-1)11-17-18-14(12-22-17)13-4-5-15-16(10-13)21-9-8-20-15/h4-5,10,12H,1-3,6-9,11H2. The first kappa shape index (κ1) is 14.0. The minimum Gasteiger partial charge on any atom is -0.486 e. The van der Waals surface area contributed by atoms with E-state index in [2.05, 4.69) is 16.3 Å². The SMILES string of the molecule is c1cc2c(cc1-c1csc(CN3CCCCC3)n1)OCCO2. The van der Waals surface area contributed by atoms with Crippen LogP contribution < -0.4 is 9.47 Å². The Morgan fingerprint density at radius 1 is 1.05 bits per heavy atom. The molecule has 2 aliphatic heterocycles. The summed E-state index contributed by atoms with van der Waals surface area (Å²) in [4.78, 5) is 7.31. The average molecular weight is 316 g/mol. The van der Waals surface area contributed by atoms with Crippen molar-refractivity contribution in [2.24, 2.45) is 0 Å². The molecular weight excluding hydrogens is 296 g/mol. The van der Waals surface area contributed by atoms with Crippen molar-refractivity contribution in [1.82, 2.24) is 9.88 Å². The van der Waals surface area contributed by atoms with Crippen LogP contribution in [0.2, 0.25) is 0 Å². The predicted octanol–water partition coefficient (Wildman–Crippen LogP) is 3.57. The molecule has 22 heavy (non-hydrogen) atoms. The van der Waals surface area contributed by atoms with Crippen LogP contribution in [0.15, 0.2) is 23.6 Å². The predicted molar refractivity (Wildman–Crippen MR) is 87.7 cm³/mol. The number of likely N-dealkylation sites (tertiary alicyclic amines) is 1. The lowest BCUT2D eigenvalue weighted by molar-refractivity contribution is 0.171. The second kappa shape index (κ2) is 6.26. The van der Waals surface area contributed by atoms with Gasteiger partial charge in [0, 0.05) is 10.9 Å². The number of hydrogen-bond acceptors (Lipinski definition) is 5. The zero-order valence-electron chi connectivity index (χ0n) is 12.6. The number of hydrogen-bond donors (Lipinski definition) is 0. The minimum atomic E-state index is 0.619. The molecule has 0 radical (unpaired) electrons. The van der Waals surface area contributed by atoms with Crippen LogP contribution in [0.3, 0.4) is 0 Å². The van der Waals surface area contributed by atoms with Crippen LogP contribution in [0.4, 0.5) is 0 Å². The first-order valence-corrected chi connectivity index (χ1v) is 8.83.